The molecule has 176 valence electrons. The average Bonchev–Trinajstić information content (AvgIpc) is 2.97. The van der Waals surface area contributed by atoms with Crippen LogP contribution in [0.25, 0.3) is 11.3 Å². The van der Waals surface area contributed by atoms with E-state index in [1.807, 2.05) is 0 Å². The number of nitrogens with zero attached hydrogens (tertiary/aromatic N) is 4. The molecular weight excluding hydrogens is 455 g/mol. The number of pyridine rings is 1. The molecule has 0 bridgehead atoms. The fourth-order valence-electron chi connectivity index (χ4n) is 3.23. The van der Waals surface area contributed by atoms with Gasteiger partial charge >= 0.3 is 6.36 Å². The molecule has 12 heteroatoms. The third-order valence-electron chi connectivity index (χ3n) is 4.79. The van der Waals surface area contributed by atoms with Crippen molar-refractivity contribution in [1.29, 1.82) is 0 Å². The maximum Gasteiger partial charge on any atom is 0.573 e. The Morgan fingerprint density at radius 2 is 1.85 bits per heavy atom. The molecule has 1 aliphatic heterocycles. The number of halogens is 3. The molecule has 0 aliphatic carbocycles. The first-order valence-electron chi connectivity index (χ1n) is 10.1. The lowest BCUT2D eigenvalue weighted by Crippen LogP contribution is -2.40. The van der Waals surface area contributed by atoms with E-state index >= 15 is 0 Å². The predicted molar refractivity (Wildman–Crippen MR) is 112 cm³/mol. The molecule has 1 N–H and O–H groups in total. The molecule has 0 spiro atoms. The van der Waals surface area contributed by atoms with Gasteiger partial charge in [-0.05, 0) is 42.5 Å². The zero-order chi connectivity index (χ0) is 24.1. The van der Waals surface area contributed by atoms with Gasteiger partial charge in [-0.1, -0.05) is 0 Å². The number of carbonyl (C=O) groups excluding carboxylic acids is 2. The molecular formula is C22H18F3N5O4. The van der Waals surface area contributed by atoms with Crippen LogP contribution in [0.4, 0.5) is 13.2 Å². The molecule has 0 saturated heterocycles. The SMILES string of the molecule is O=C(NCCN1CCOc2ccc(-c3ccc(OC(F)(F)F)cc3)nc2C1=O)c1ncccn1. The number of nitrogens with one attached hydrogen (secondary N) is 1. The molecule has 1 aliphatic rings. The van der Waals surface area contributed by atoms with Crippen LogP contribution in [0.2, 0.25) is 0 Å². The number of carbonyl (C=O) groups is 2. The van der Waals surface area contributed by atoms with E-state index in [2.05, 4.69) is 25.0 Å². The van der Waals surface area contributed by atoms with Crippen LogP contribution >= 0.6 is 0 Å². The first-order chi connectivity index (χ1) is 16.3. The number of alkyl halides is 3. The lowest BCUT2D eigenvalue weighted by molar-refractivity contribution is -0.274. The fraction of sp³-hybridized carbons (Fsp3) is 0.227. The van der Waals surface area contributed by atoms with E-state index in [0.717, 1.165) is 0 Å². The fourth-order valence-corrected chi connectivity index (χ4v) is 3.23. The zero-order valence-electron chi connectivity index (χ0n) is 17.6. The summed E-state index contributed by atoms with van der Waals surface area (Å²) in [5.74, 6) is -0.889. The van der Waals surface area contributed by atoms with Crippen molar-refractivity contribution in [2.45, 2.75) is 6.36 Å². The lowest BCUT2D eigenvalue weighted by atomic mass is 10.1. The summed E-state index contributed by atoms with van der Waals surface area (Å²) >= 11 is 0. The summed E-state index contributed by atoms with van der Waals surface area (Å²) in [5.41, 5.74) is 0.949. The third-order valence-corrected chi connectivity index (χ3v) is 4.79. The van der Waals surface area contributed by atoms with Gasteiger partial charge in [0.25, 0.3) is 11.8 Å². The molecule has 0 fully saturated rings. The average molecular weight is 473 g/mol. The standard InChI is InChI=1S/C22H18F3N5O4/c23-22(24,25)34-15-4-2-14(3-5-15)16-6-7-17-18(29-16)21(32)30(12-13-33-17)11-10-28-20(31)19-26-8-1-9-27-19/h1-9H,10-13H2,(H,28,31). The first kappa shape index (κ1) is 23.0. The smallest absolute Gasteiger partial charge is 0.489 e. The Hall–Kier alpha value is -4.22. The lowest BCUT2D eigenvalue weighted by Gasteiger charge is -2.19. The van der Waals surface area contributed by atoms with Crippen molar-refractivity contribution in [2.75, 3.05) is 26.2 Å². The summed E-state index contributed by atoms with van der Waals surface area (Å²) in [6.07, 6.45) is -1.88. The summed E-state index contributed by atoms with van der Waals surface area (Å²) in [7, 11) is 0. The van der Waals surface area contributed by atoms with Crippen molar-refractivity contribution in [3.05, 3.63) is 66.4 Å². The number of fused-ring (bicyclic) bond motifs is 1. The highest BCUT2D eigenvalue weighted by Gasteiger charge is 2.31. The predicted octanol–water partition coefficient (Wildman–Crippen LogP) is 2.70. The van der Waals surface area contributed by atoms with Crippen LogP contribution in [0.1, 0.15) is 21.1 Å². The van der Waals surface area contributed by atoms with E-state index in [-0.39, 0.29) is 43.5 Å². The van der Waals surface area contributed by atoms with E-state index in [1.165, 1.54) is 41.6 Å². The topological polar surface area (TPSA) is 107 Å². The van der Waals surface area contributed by atoms with E-state index < -0.39 is 18.2 Å². The summed E-state index contributed by atoms with van der Waals surface area (Å²) in [6, 6.07) is 9.96. The van der Waals surface area contributed by atoms with E-state index in [0.29, 0.717) is 17.0 Å². The van der Waals surface area contributed by atoms with Crippen LogP contribution in [0.5, 0.6) is 11.5 Å². The summed E-state index contributed by atoms with van der Waals surface area (Å²) in [6.45, 7) is 0.888. The summed E-state index contributed by atoms with van der Waals surface area (Å²) in [4.78, 5) is 38.8. The van der Waals surface area contributed by atoms with E-state index in [1.54, 1.807) is 18.2 Å². The van der Waals surface area contributed by atoms with E-state index in [9.17, 15) is 22.8 Å². The van der Waals surface area contributed by atoms with Crippen LogP contribution in [0, 0.1) is 0 Å². The van der Waals surface area contributed by atoms with Crippen molar-refractivity contribution in [3.63, 3.8) is 0 Å². The Morgan fingerprint density at radius 3 is 2.56 bits per heavy atom. The highest BCUT2D eigenvalue weighted by Crippen LogP contribution is 2.29. The molecule has 0 atom stereocenters. The van der Waals surface area contributed by atoms with Gasteiger partial charge in [-0.25, -0.2) is 15.0 Å². The minimum Gasteiger partial charge on any atom is -0.489 e. The number of benzene rings is 1. The van der Waals surface area contributed by atoms with Gasteiger partial charge in [0.15, 0.2) is 11.4 Å². The van der Waals surface area contributed by atoms with Crippen molar-refractivity contribution in [2.24, 2.45) is 0 Å². The molecule has 4 rings (SSSR count). The van der Waals surface area contributed by atoms with Gasteiger partial charge in [0.1, 0.15) is 12.4 Å². The number of ether oxygens (including phenoxy) is 2. The van der Waals surface area contributed by atoms with Crippen molar-refractivity contribution < 1.29 is 32.2 Å². The quantitative estimate of drug-likeness (QED) is 0.587. The van der Waals surface area contributed by atoms with Crippen molar-refractivity contribution in [1.82, 2.24) is 25.2 Å². The maximum atomic E-state index is 13.1. The Morgan fingerprint density at radius 1 is 1.12 bits per heavy atom. The Labute approximate surface area is 191 Å². The van der Waals surface area contributed by atoms with Gasteiger partial charge < -0.3 is 19.7 Å². The Balaban J connectivity index is 1.45. The summed E-state index contributed by atoms with van der Waals surface area (Å²) < 4.78 is 46.6. The molecule has 0 saturated carbocycles. The largest absolute Gasteiger partial charge is 0.573 e. The molecule has 0 unspecified atom stereocenters. The second-order valence-electron chi connectivity index (χ2n) is 7.08. The number of hydrogen-bond acceptors (Lipinski definition) is 7. The number of amides is 2. The third kappa shape index (κ3) is 5.57. The molecule has 34 heavy (non-hydrogen) atoms. The molecule has 0 radical (unpaired) electrons. The second-order valence-corrected chi connectivity index (χ2v) is 7.08. The van der Waals surface area contributed by atoms with Gasteiger partial charge in [0.2, 0.25) is 5.82 Å². The molecule has 3 aromatic rings. The van der Waals surface area contributed by atoms with Gasteiger partial charge in [0, 0.05) is 31.0 Å². The van der Waals surface area contributed by atoms with Gasteiger partial charge in [-0.2, -0.15) is 0 Å². The minimum atomic E-state index is -4.79. The van der Waals surface area contributed by atoms with E-state index in [4.69, 9.17) is 4.74 Å². The van der Waals surface area contributed by atoms with Crippen LogP contribution in [-0.4, -0.2) is 64.3 Å². The summed E-state index contributed by atoms with van der Waals surface area (Å²) in [5, 5.41) is 2.66. The highest BCUT2D eigenvalue weighted by molar-refractivity contribution is 5.96. The Kier molecular flexibility index (Phi) is 6.57. The van der Waals surface area contributed by atoms with Crippen molar-refractivity contribution >= 4 is 11.8 Å². The van der Waals surface area contributed by atoms with Gasteiger partial charge in [-0.3, -0.25) is 9.59 Å². The number of aromatic nitrogens is 3. The molecule has 2 amide bonds. The molecule has 9 nitrogen and oxygen atoms in total. The molecule has 3 heterocycles. The molecule has 1 aromatic carbocycles. The number of hydrogen-bond donors (Lipinski definition) is 1. The molecule has 2 aromatic heterocycles. The van der Waals surface area contributed by atoms with Crippen LogP contribution < -0.4 is 14.8 Å². The normalized spacial score (nSPS) is 13.5. The van der Waals surface area contributed by atoms with Crippen LogP contribution in [0.15, 0.2) is 54.9 Å². The Bertz CT molecular complexity index is 1170. The minimum absolute atomic E-state index is 0.0244. The second kappa shape index (κ2) is 9.73. The van der Waals surface area contributed by atoms with Crippen LogP contribution in [0.3, 0.4) is 0 Å². The van der Waals surface area contributed by atoms with Gasteiger partial charge in [0.05, 0.1) is 12.2 Å². The van der Waals surface area contributed by atoms with Crippen LogP contribution in [-0.2, 0) is 0 Å². The maximum absolute atomic E-state index is 13.1. The first-order valence-corrected chi connectivity index (χ1v) is 10.1. The number of rotatable bonds is 6. The zero-order valence-corrected chi connectivity index (χ0v) is 17.6. The van der Waals surface area contributed by atoms with Gasteiger partial charge in [-0.15, -0.1) is 13.2 Å². The highest BCUT2D eigenvalue weighted by atomic mass is 19.4. The van der Waals surface area contributed by atoms with Crippen molar-refractivity contribution in [3.8, 4) is 22.8 Å². The monoisotopic (exact) mass is 473 g/mol.